The van der Waals surface area contributed by atoms with E-state index in [9.17, 15) is 4.79 Å². The number of hydrogen-bond donors (Lipinski definition) is 0. The van der Waals surface area contributed by atoms with Crippen LogP contribution in [0.15, 0.2) is 41.1 Å². The Balaban J connectivity index is 1.89. The molecule has 1 aromatic carbocycles. The van der Waals surface area contributed by atoms with Crippen molar-refractivity contribution in [1.29, 1.82) is 0 Å². The van der Waals surface area contributed by atoms with E-state index in [4.69, 9.17) is 4.42 Å². The Morgan fingerprint density at radius 3 is 2.95 bits per heavy atom. The van der Waals surface area contributed by atoms with Crippen LogP contribution >= 0.6 is 0 Å². The fourth-order valence-electron chi connectivity index (χ4n) is 2.67. The quantitative estimate of drug-likeness (QED) is 0.675. The van der Waals surface area contributed by atoms with Crippen molar-refractivity contribution in [2.75, 3.05) is 0 Å². The van der Waals surface area contributed by atoms with Crippen LogP contribution in [0.3, 0.4) is 0 Å². The summed E-state index contributed by atoms with van der Waals surface area (Å²) in [6, 6.07) is 7.80. The molecule has 4 heteroatoms. The lowest BCUT2D eigenvalue weighted by Crippen LogP contribution is -2.13. The summed E-state index contributed by atoms with van der Waals surface area (Å²) in [7, 11) is 0. The van der Waals surface area contributed by atoms with Crippen LogP contribution in [-0.4, -0.2) is 15.8 Å². The van der Waals surface area contributed by atoms with Gasteiger partial charge in [0.2, 0.25) is 0 Å². The first kappa shape index (κ1) is 11.3. The van der Waals surface area contributed by atoms with Crippen molar-refractivity contribution < 1.29 is 9.21 Å². The van der Waals surface area contributed by atoms with Crippen LogP contribution in [0, 0.1) is 0 Å². The fourth-order valence-corrected chi connectivity index (χ4v) is 2.67. The minimum Gasteiger partial charge on any atom is -0.464 e. The molecule has 4 rings (SSSR count). The number of para-hydroxylation sites is 1. The first-order valence-electron chi connectivity index (χ1n) is 6.68. The Bertz CT molecular complexity index is 820. The highest BCUT2D eigenvalue weighted by Gasteiger charge is 2.20. The molecule has 1 aliphatic carbocycles. The maximum atomic E-state index is 11.8. The Morgan fingerprint density at radius 1 is 1.10 bits per heavy atom. The molecule has 0 aliphatic heterocycles. The first-order chi connectivity index (χ1) is 9.83. The standard InChI is InChI=1S/C16H12N2O2/c19-14-6-3-5-13-11(14)8-17-16(18-13)12-9-20-15-7-2-1-4-10(12)15/h1-2,4,7-9H,3,5-6H2. The molecule has 0 radical (unpaired) electrons. The van der Waals surface area contributed by atoms with Crippen molar-refractivity contribution in [2.24, 2.45) is 0 Å². The molecule has 1 aliphatic rings. The summed E-state index contributed by atoms with van der Waals surface area (Å²) in [5.74, 6) is 0.776. The second-order valence-electron chi connectivity index (χ2n) is 4.98. The van der Waals surface area contributed by atoms with Crippen LogP contribution in [0.4, 0.5) is 0 Å². The van der Waals surface area contributed by atoms with E-state index >= 15 is 0 Å². The van der Waals surface area contributed by atoms with Crippen LogP contribution in [-0.2, 0) is 6.42 Å². The number of furan rings is 1. The zero-order valence-electron chi connectivity index (χ0n) is 10.8. The molecule has 0 saturated heterocycles. The molecule has 0 bridgehead atoms. The van der Waals surface area contributed by atoms with Crippen LogP contribution in [0.1, 0.15) is 28.9 Å². The maximum Gasteiger partial charge on any atom is 0.166 e. The topological polar surface area (TPSA) is 56.0 Å². The molecule has 0 N–H and O–H groups in total. The lowest BCUT2D eigenvalue weighted by atomic mass is 9.96. The number of carbonyl (C=O) groups excluding carboxylic acids is 1. The van der Waals surface area contributed by atoms with Gasteiger partial charge >= 0.3 is 0 Å². The highest BCUT2D eigenvalue weighted by Crippen LogP contribution is 2.29. The van der Waals surface area contributed by atoms with Gasteiger partial charge in [-0.05, 0) is 18.9 Å². The third kappa shape index (κ3) is 1.65. The summed E-state index contributed by atoms with van der Waals surface area (Å²) >= 11 is 0. The van der Waals surface area contributed by atoms with Gasteiger partial charge in [-0.25, -0.2) is 9.97 Å². The van der Waals surface area contributed by atoms with Gasteiger partial charge in [-0.3, -0.25) is 4.79 Å². The molecule has 2 aromatic heterocycles. The number of ketones is 1. The van der Waals surface area contributed by atoms with Crippen molar-refractivity contribution in [1.82, 2.24) is 9.97 Å². The van der Waals surface area contributed by atoms with Gasteiger partial charge in [0.15, 0.2) is 11.6 Å². The van der Waals surface area contributed by atoms with Gasteiger partial charge in [-0.15, -0.1) is 0 Å². The first-order valence-corrected chi connectivity index (χ1v) is 6.68. The zero-order valence-corrected chi connectivity index (χ0v) is 10.8. The number of hydrogen-bond acceptors (Lipinski definition) is 4. The number of Topliss-reactive ketones (excluding diaryl/α,β-unsaturated/α-hetero) is 1. The molecule has 20 heavy (non-hydrogen) atoms. The highest BCUT2D eigenvalue weighted by molar-refractivity contribution is 5.98. The van der Waals surface area contributed by atoms with E-state index in [-0.39, 0.29) is 5.78 Å². The van der Waals surface area contributed by atoms with Crippen LogP contribution < -0.4 is 0 Å². The summed E-state index contributed by atoms with van der Waals surface area (Å²) in [5.41, 5.74) is 3.23. The molecule has 0 amide bonds. The zero-order chi connectivity index (χ0) is 13.5. The van der Waals surface area contributed by atoms with E-state index < -0.39 is 0 Å². The van der Waals surface area contributed by atoms with E-state index in [0.717, 1.165) is 35.1 Å². The minimum atomic E-state index is 0.148. The molecule has 0 saturated carbocycles. The predicted molar refractivity (Wildman–Crippen MR) is 74.5 cm³/mol. The fraction of sp³-hybridized carbons (Fsp3) is 0.188. The van der Waals surface area contributed by atoms with Gasteiger partial charge in [-0.2, -0.15) is 0 Å². The Morgan fingerprint density at radius 2 is 2.00 bits per heavy atom. The normalized spacial score (nSPS) is 14.5. The summed E-state index contributed by atoms with van der Waals surface area (Å²) < 4.78 is 5.52. The van der Waals surface area contributed by atoms with E-state index in [0.29, 0.717) is 17.8 Å². The monoisotopic (exact) mass is 264 g/mol. The van der Waals surface area contributed by atoms with Gasteiger partial charge < -0.3 is 4.42 Å². The Kier molecular flexibility index (Phi) is 2.42. The lowest BCUT2D eigenvalue weighted by Gasteiger charge is -2.13. The number of carbonyl (C=O) groups is 1. The van der Waals surface area contributed by atoms with Gasteiger partial charge in [0, 0.05) is 18.0 Å². The molecule has 0 spiro atoms. The Labute approximate surface area is 115 Å². The average molecular weight is 264 g/mol. The van der Waals surface area contributed by atoms with Gasteiger partial charge in [0.1, 0.15) is 11.8 Å². The number of aromatic nitrogens is 2. The highest BCUT2D eigenvalue weighted by atomic mass is 16.3. The van der Waals surface area contributed by atoms with E-state index in [2.05, 4.69) is 9.97 Å². The summed E-state index contributed by atoms with van der Waals surface area (Å²) in [4.78, 5) is 20.7. The molecule has 98 valence electrons. The summed E-state index contributed by atoms with van der Waals surface area (Å²) in [6.45, 7) is 0. The molecule has 0 fully saturated rings. The van der Waals surface area contributed by atoms with Crippen LogP contribution in [0.25, 0.3) is 22.4 Å². The van der Waals surface area contributed by atoms with Gasteiger partial charge in [0.25, 0.3) is 0 Å². The van der Waals surface area contributed by atoms with E-state index in [1.165, 1.54) is 0 Å². The van der Waals surface area contributed by atoms with Gasteiger partial charge in [-0.1, -0.05) is 18.2 Å². The van der Waals surface area contributed by atoms with Crippen molar-refractivity contribution in [3.63, 3.8) is 0 Å². The molecular formula is C16H12N2O2. The summed E-state index contributed by atoms with van der Waals surface area (Å²) in [5, 5.41) is 0.995. The van der Waals surface area contributed by atoms with Crippen molar-refractivity contribution in [3.05, 3.63) is 48.0 Å². The number of benzene rings is 1. The Hall–Kier alpha value is -2.49. The van der Waals surface area contributed by atoms with E-state index in [1.54, 1.807) is 12.5 Å². The lowest BCUT2D eigenvalue weighted by molar-refractivity contribution is 0.0971. The van der Waals surface area contributed by atoms with Crippen LogP contribution in [0.2, 0.25) is 0 Å². The minimum absolute atomic E-state index is 0.148. The van der Waals surface area contributed by atoms with Crippen molar-refractivity contribution >= 4 is 16.8 Å². The molecule has 0 unspecified atom stereocenters. The van der Waals surface area contributed by atoms with Gasteiger partial charge in [0.05, 0.1) is 16.8 Å². The van der Waals surface area contributed by atoms with Crippen molar-refractivity contribution in [3.8, 4) is 11.4 Å². The van der Waals surface area contributed by atoms with Crippen LogP contribution in [0.5, 0.6) is 0 Å². The molecule has 3 aromatic rings. The third-order valence-corrected chi connectivity index (χ3v) is 3.71. The maximum absolute atomic E-state index is 11.8. The number of fused-ring (bicyclic) bond motifs is 2. The number of aryl methyl sites for hydroxylation is 1. The predicted octanol–water partition coefficient (Wildman–Crippen LogP) is 3.41. The second-order valence-corrected chi connectivity index (χ2v) is 4.98. The number of rotatable bonds is 1. The largest absolute Gasteiger partial charge is 0.464 e. The third-order valence-electron chi connectivity index (χ3n) is 3.71. The molecular weight excluding hydrogens is 252 g/mol. The smallest absolute Gasteiger partial charge is 0.166 e. The second kappa shape index (κ2) is 4.27. The van der Waals surface area contributed by atoms with Crippen molar-refractivity contribution in [2.45, 2.75) is 19.3 Å². The van der Waals surface area contributed by atoms with E-state index in [1.807, 2.05) is 24.3 Å². The SMILES string of the molecule is O=C1CCCc2nc(-c3coc4ccccc34)ncc21. The number of nitrogens with zero attached hydrogens (tertiary/aromatic N) is 2. The molecule has 4 nitrogen and oxygen atoms in total. The average Bonchev–Trinajstić information content (AvgIpc) is 2.91. The summed E-state index contributed by atoms with van der Waals surface area (Å²) in [6.07, 6.45) is 5.64. The molecule has 0 atom stereocenters. The molecule has 2 heterocycles.